The van der Waals surface area contributed by atoms with Crippen molar-refractivity contribution in [3.8, 4) is 11.5 Å². The zero-order chi connectivity index (χ0) is 15.2. The normalized spacial score (nSPS) is 13.7. The Morgan fingerprint density at radius 1 is 1.00 bits per heavy atom. The monoisotopic (exact) mass is 283 g/mol. The Kier molecular flexibility index (Phi) is 5.40. The Bertz CT molecular complexity index is 560. The van der Waals surface area contributed by atoms with E-state index >= 15 is 0 Å². The number of ether oxygens (including phenoxy) is 1. The second kappa shape index (κ2) is 7.28. The average Bonchev–Trinajstić information content (AvgIpc) is 2.49. The fourth-order valence-electron chi connectivity index (χ4n) is 2.35. The zero-order valence-electron chi connectivity index (χ0n) is 13.2. The van der Waals surface area contributed by atoms with Crippen LogP contribution in [0.1, 0.15) is 44.2 Å². The van der Waals surface area contributed by atoms with E-state index in [1.807, 2.05) is 37.3 Å². The summed E-state index contributed by atoms with van der Waals surface area (Å²) >= 11 is 0. The van der Waals surface area contributed by atoms with E-state index in [-0.39, 0.29) is 6.04 Å². The van der Waals surface area contributed by atoms with Crippen LogP contribution in [0.5, 0.6) is 11.5 Å². The molecule has 0 amide bonds. The molecular weight excluding hydrogens is 258 g/mol. The molecular formula is C19H25NO. The van der Waals surface area contributed by atoms with Crippen molar-refractivity contribution in [3.63, 3.8) is 0 Å². The number of hydrogen-bond acceptors (Lipinski definition) is 2. The molecule has 0 spiro atoms. The molecule has 0 aliphatic carbocycles. The summed E-state index contributed by atoms with van der Waals surface area (Å²) in [4.78, 5) is 0. The minimum atomic E-state index is 0.127. The second-order valence-electron chi connectivity index (χ2n) is 5.77. The Morgan fingerprint density at radius 3 is 2.29 bits per heavy atom. The highest BCUT2D eigenvalue weighted by atomic mass is 16.5. The molecule has 0 heterocycles. The van der Waals surface area contributed by atoms with E-state index < -0.39 is 0 Å². The predicted octanol–water partition coefficient (Wildman–Crippen LogP) is 4.88. The molecule has 2 nitrogen and oxygen atoms in total. The fraction of sp³-hybridized carbons (Fsp3) is 0.368. The molecule has 0 radical (unpaired) electrons. The van der Waals surface area contributed by atoms with Crippen molar-refractivity contribution in [3.05, 3.63) is 59.7 Å². The van der Waals surface area contributed by atoms with Crippen LogP contribution < -0.4 is 10.5 Å². The summed E-state index contributed by atoms with van der Waals surface area (Å²) in [7, 11) is 0. The van der Waals surface area contributed by atoms with Gasteiger partial charge in [-0.1, -0.05) is 44.2 Å². The van der Waals surface area contributed by atoms with E-state index in [0.29, 0.717) is 5.92 Å². The molecule has 2 aromatic carbocycles. The number of hydrogen-bond donors (Lipinski definition) is 1. The lowest BCUT2D eigenvalue weighted by Crippen LogP contribution is -2.18. The van der Waals surface area contributed by atoms with Crippen molar-refractivity contribution in [1.29, 1.82) is 0 Å². The van der Waals surface area contributed by atoms with Crippen LogP contribution in [0.25, 0.3) is 0 Å². The smallest absolute Gasteiger partial charge is 0.130 e. The number of benzene rings is 2. The molecule has 0 aliphatic heterocycles. The maximum absolute atomic E-state index is 6.02. The van der Waals surface area contributed by atoms with Gasteiger partial charge in [0.2, 0.25) is 0 Å². The van der Waals surface area contributed by atoms with Gasteiger partial charge in [0.1, 0.15) is 11.5 Å². The van der Waals surface area contributed by atoms with Crippen molar-refractivity contribution in [2.24, 2.45) is 5.73 Å². The van der Waals surface area contributed by atoms with Crippen LogP contribution in [0.4, 0.5) is 0 Å². The van der Waals surface area contributed by atoms with Crippen LogP contribution >= 0.6 is 0 Å². The van der Waals surface area contributed by atoms with E-state index in [2.05, 4.69) is 32.0 Å². The van der Waals surface area contributed by atoms with E-state index in [0.717, 1.165) is 29.9 Å². The third-order valence-electron chi connectivity index (χ3n) is 3.80. The molecule has 2 aromatic rings. The maximum Gasteiger partial charge on any atom is 0.130 e. The molecule has 0 saturated heterocycles. The van der Waals surface area contributed by atoms with Gasteiger partial charge in [0.15, 0.2) is 0 Å². The topological polar surface area (TPSA) is 35.2 Å². The Morgan fingerprint density at radius 2 is 1.67 bits per heavy atom. The van der Waals surface area contributed by atoms with Gasteiger partial charge in [0.05, 0.1) is 0 Å². The van der Waals surface area contributed by atoms with Crippen molar-refractivity contribution >= 4 is 0 Å². The zero-order valence-corrected chi connectivity index (χ0v) is 13.2. The molecule has 0 saturated carbocycles. The molecule has 2 unspecified atom stereocenters. The SMILES string of the molecule is CCC(C)c1ccc(Oc2ccccc2CC(C)N)cc1. The first kappa shape index (κ1) is 15.6. The lowest BCUT2D eigenvalue weighted by atomic mass is 9.99. The highest BCUT2D eigenvalue weighted by Gasteiger charge is 2.07. The van der Waals surface area contributed by atoms with Crippen LogP contribution in [-0.4, -0.2) is 6.04 Å². The maximum atomic E-state index is 6.02. The van der Waals surface area contributed by atoms with Gasteiger partial charge in [-0.15, -0.1) is 0 Å². The lowest BCUT2D eigenvalue weighted by Gasteiger charge is -2.14. The number of rotatable bonds is 6. The van der Waals surface area contributed by atoms with E-state index in [4.69, 9.17) is 10.5 Å². The highest BCUT2D eigenvalue weighted by Crippen LogP contribution is 2.28. The predicted molar refractivity (Wildman–Crippen MR) is 89.0 cm³/mol. The Labute approximate surface area is 127 Å². The van der Waals surface area contributed by atoms with Crippen LogP contribution in [0.3, 0.4) is 0 Å². The average molecular weight is 283 g/mol. The first-order valence-electron chi connectivity index (χ1n) is 7.71. The van der Waals surface area contributed by atoms with Gasteiger partial charge < -0.3 is 10.5 Å². The summed E-state index contributed by atoms with van der Waals surface area (Å²) < 4.78 is 6.02. The third-order valence-corrected chi connectivity index (χ3v) is 3.80. The van der Waals surface area contributed by atoms with Crippen LogP contribution in [0, 0.1) is 0 Å². The molecule has 2 N–H and O–H groups in total. The second-order valence-corrected chi connectivity index (χ2v) is 5.77. The van der Waals surface area contributed by atoms with Crippen molar-refractivity contribution in [2.75, 3.05) is 0 Å². The summed E-state index contributed by atoms with van der Waals surface area (Å²) in [6, 6.07) is 16.6. The van der Waals surface area contributed by atoms with Crippen LogP contribution in [0.15, 0.2) is 48.5 Å². The van der Waals surface area contributed by atoms with Crippen molar-refractivity contribution in [1.82, 2.24) is 0 Å². The molecule has 0 aliphatic rings. The van der Waals surface area contributed by atoms with Gasteiger partial charge in [-0.3, -0.25) is 0 Å². The van der Waals surface area contributed by atoms with Gasteiger partial charge >= 0.3 is 0 Å². The Balaban J connectivity index is 2.15. The van der Waals surface area contributed by atoms with E-state index in [9.17, 15) is 0 Å². The van der Waals surface area contributed by atoms with E-state index in [1.54, 1.807) is 0 Å². The van der Waals surface area contributed by atoms with Gasteiger partial charge in [0, 0.05) is 6.04 Å². The first-order chi connectivity index (χ1) is 10.1. The summed E-state index contributed by atoms with van der Waals surface area (Å²) in [5, 5.41) is 0. The summed E-state index contributed by atoms with van der Waals surface area (Å²) in [5.41, 5.74) is 8.41. The largest absolute Gasteiger partial charge is 0.457 e. The minimum Gasteiger partial charge on any atom is -0.457 e. The quantitative estimate of drug-likeness (QED) is 0.819. The van der Waals surface area contributed by atoms with Gasteiger partial charge in [-0.25, -0.2) is 0 Å². The number of nitrogens with two attached hydrogens (primary N) is 1. The Hall–Kier alpha value is -1.80. The summed E-state index contributed by atoms with van der Waals surface area (Å²) in [6.45, 7) is 6.46. The minimum absolute atomic E-state index is 0.127. The standard InChI is InChI=1S/C19H25NO/c1-4-14(2)16-9-11-18(12-10-16)21-19-8-6-5-7-17(19)13-15(3)20/h5-12,14-15H,4,13,20H2,1-3H3. The fourth-order valence-corrected chi connectivity index (χ4v) is 2.35. The van der Waals surface area contributed by atoms with Crippen LogP contribution in [0.2, 0.25) is 0 Å². The van der Waals surface area contributed by atoms with Crippen molar-refractivity contribution < 1.29 is 4.74 Å². The lowest BCUT2D eigenvalue weighted by molar-refractivity contribution is 0.473. The highest BCUT2D eigenvalue weighted by molar-refractivity contribution is 5.39. The summed E-state index contributed by atoms with van der Waals surface area (Å²) in [5.74, 6) is 2.36. The summed E-state index contributed by atoms with van der Waals surface area (Å²) in [6.07, 6.45) is 1.97. The van der Waals surface area contributed by atoms with Crippen LogP contribution in [-0.2, 0) is 6.42 Å². The third kappa shape index (κ3) is 4.33. The van der Waals surface area contributed by atoms with E-state index in [1.165, 1.54) is 5.56 Å². The van der Waals surface area contributed by atoms with Crippen molar-refractivity contribution in [2.45, 2.75) is 45.6 Å². The molecule has 21 heavy (non-hydrogen) atoms. The molecule has 2 atom stereocenters. The van der Waals surface area contributed by atoms with Gasteiger partial charge in [-0.2, -0.15) is 0 Å². The molecule has 0 aromatic heterocycles. The molecule has 0 bridgehead atoms. The molecule has 2 rings (SSSR count). The van der Waals surface area contributed by atoms with Gasteiger partial charge in [0.25, 0.3) is 0 Å². The molecule has 2 heteroatoms. The van der Waals surface area contributed by atoms with Gasteiger partial charge in [-0.05, 0) is 55.0 Å². The molecule has 0 fully saturated rings. The molecule has 112 valence electrons. The number of para-hydroxylation sites is 1. The first-order valence-corrected chi connectivity index (χ1v) is 7.71.